The monoisotopic (exact) mass is 397 g/mol. The first-order valence-corrected chi connectivity index (χ1v) is 10.5. The van der Waals surface area contributed by atoms with Crippen LogP contribution in [0.3, 0.4) is 0 Å². The number of hydrogen-bond donors (Lipinski definition) is 1. The largest absolute Gasteiger partial charge is 0.356 e. The van der Waals surface area contributed by atoms with E-state index >= 15 is 0 Å². The highest BCUT2D eigenvalue weighted by atomic mass is 35.5. The third-order valence-electron chi connectivity index (χ3n) is 4.18. The Balaban J connectivity index is 1.42. The van der Waals surface area contributed by atoms with E-state index in [2.05, 4.69) is 38.1 Å². The van der Waals surface area contributed by atoms with Gasteiger partial charge in [0.2, 0.25) is 0 Å². The number of halogens is 1. The molecule has 0 radical (unpaired) electrons. The van der Waals surface area contributed by atoms with Crippen LogP contribution in [0.4, 0.5) is 0 Å². The van der Waals surface area contributed by atoms with Crippen LogP contribution in [0.2, 0.25) is 4.34 Å². The molecule has 0 unspecified atom stereocenters. The van der Waals surface area contributed by atoms with E-state index in [4.69, 9.17) is 11.6 Å². The lowest BCUT2D eigenvalue weighted by Crippen LogP contribution is -2.52. The van der Waals surface area contributed by atoms with Crippen LogP contribution in [0.25, 0.3) is 0 Å². The van der Waals surface area contributed by atoms with Crippen molar-refractivity contribution < 1.29 is 0 Å². The van der Waals surface area contributed by atoms with Gasteiger partial charge in [-0.2, -0.15) is 0 Å². The molecule has 0 saturated carbocycles. The number of guanidine groups is 1. The van der Waals surface area contributed by atoms with Gasteiger partial charge in [-0.25, -0.2) is 4.98 Å². The van der Waals surface area contributed by atoms with Gasteiger partial charge >= 0.3 is 0 Å². The van der Waals surface area contributed by atoms with Gasteiger partial charge in [-0.05, 0) is 19.1 Å². The minimum Gasteiger partial charge on any atom is -0.356 e. The molecule has 0 aromatic carbocycles. The lowest BCUT2D eigenvalue weighted by atomic mass is 10.3. The fraction of sp³-hybridized carbons (Fsp3) is 0.529. The molecule has 8 heteroatoms. The number of nitrogens with zero attached hydrogens (tertiary/aromatic N) is 4. The number of piperazine rings is 1. The Bertz CT molecular complexity index is 703. The first kappa shape index (κ1) is 18.6. The molecule has 2 aromatic rings. The summed E-state index contributed by atoms with van der Waals surface area (Å²) in [7, 11) is 1.86. The summed E-state index contributed by atoms with van der Waals surface area (Å²) in [5, 5.41) is 4.65. The van der Waals surface area contributed by atoms with Crippen molar-refractivity contribution in [3.8, 4) is 0 Å². The molecular weight excluding hydrogens is 374 g/mol. The van der Waals surface area contributed by atoms with Crippen LogP contribution in [-0.2, 0) is 13.0 Å². The molecule has 3 heterocycles. The highest BCUT2D eigenvalue weighted by Gasteiger charge is 2.20. The van der Waals surface area contributed by atoms with Crippen molar-refractivity contribution >= 4 is 40.2 Å². The molecule has 1 aliphatic rings. The van der Waals surface area contributed by atoms with Gasteiger partial charge in [-0.15, -0.1) is 22.7 Å². The number of rotatable bonds is 5. The maximum absolute atomic E-state index is 6.02. The van der Waals surface area contributed by atoms with E-state index in [0.717, 1.165) is 56.0 Å². The molecular formula is C17H24ClN5S2. The third kappa shape index (κ3) is 5.41. The molecule has 0 aliphatic carbocycles. The van der Waals surface area contributed by atoms with E-state index < -0.39 is 0 Å². The summed E-state index contributed by atoms with van der Waals surface area (Å²) in [6.07, 6.45) is 2.88. The van der Waals surface area contributed by atoms with Crippen molar-refractivity contribution in [1.82, 2.24) is 20.1 Å². The zero-order chi connectivity index (χ0) is 17.6. The number of thiophene rings is 1. The Morgan fingerprint density at radius 2 is 2.08 bits per heavy atom. The number of aromatic nitrogens is 1. The first-order chi connectivity index (χ1) is 12.1. The van der Waals surface area contributed by atoms with E-state index in [1.165, 1.54) is 14.8 Å². The summed E-state index contributed by atoms with van der Waals surface area (Å²) < 4.78 is 0.869. The maximum atomic E-state index is 6.02. The first-order valence-electron chi connectivity index (χ1n) is 8.47. The number of hydrogen-bond acceptors (Lipinski definition) is 5. The van der Waals surface area contributed by atoms with Crippen LogP contribution in [0, 0.1) is 6.92 Å². The molecule has 0 atom stereocenters. The molecule has 136 valence electrons. The number of thiazole rings is 1. The SMILES string of the molecule is CN=C(NCCc1ncc(C)s1)N1CCN(Cc2ccc(Cl)s2)CC1. The second kappa shape index (κ2) is 8.98. The normalized spacial score (nSPS) is 16.4. The van der Waals surface area contributed by atoms with Crippen LogP contribution in [0.1, 0.15) is 14.8 Å². The van der Waals surface area contributed by atoms with Crippen molar-refractivity contribution in [3.05, 3.63) is 37.4 Å². The molecule has 5 nitrogen and oxygen atoms in total. The van der Waals surface area contributed by atoms with Gasteiger partial charge < -0.3 is 10.2 Å². The molecule has 1 saturated heterocycles. The number of nitrogens with one attached hydrogen (secondary N) is 1. The van der Waals surface area contributed by atoms with E-state index in [9.17, 15) is 0 Å². The van der Waals surface area contributed by atoms with Crippen molar-refractivity contribution in [2.75, 3.05) is 39.8 Å². The summed E-state index contributed by atoms with van der Waals surface area (Å²) >= 11 is 9.46. The Labute approximate surface area is 162 Å². The average molecular weight is 398 g/mol. The van der Waals surface area contributed by atoms with Gasteiger partial charge in [-0.3, -0.25) is 9.89 Å². The van der Waals surface area contributed by atoms with E-state index in [1.54, 1.807) is 22.7 Å². The fourth-order valence-electron chi connectivity index (χ4n) is 2.91. The Kier molecular flexibility index (Phi) is 6.70. The van der Waals surface area contributed by atoms with Gasteiger partial charge in [0.25, 0.3) is 0 Å². The van der Waals surface area contributed by atoms with Gasteiger partial charge in [0, 0.05) is 68.7 Å². The van der Waals surface area contributed by atoms with E-state index in [0.29, 0.717) is 0 Å². The standard InChI is InChI=1S/C17H24ClN5S2/c1-13-11-21-16(24-13)5-6-20-17(19-2)23-9-7-22(8-10-23)12-14-3-4-15(18)25-14/h3-4,11H,5-10,12H2,1-2H3,(H,19,20). The molecule has 3 rings (SSSR count). The van der Waals surface area contributed by atoms with Crippen molar-refractivity contribution in [3.63, 3.8) is 0 Å². The minimum absolute atomic E-state index is 0.869. The van der Waals surface area contributed by atoms with Gasteiger partial charge in [0.15, 0.2) is 5.96 Å². The van der Waals surface area contributed by atoms with Gasteiger partial charge in [0.05, 0.1) is 9.34 Å². The van der Waals surface area contributed by atoms with Crippen LogP contribution in [-0.4, -0.2) is 60.5 Å². The number of aliphatic imine (C=N–C) groups is 1. The van der Waals surface area contributed by atoms with Gasteiger partial charge in [0.1, 0.15) is 0 Å². The third-order valence-corrected chi connectivity index (χ3v) is 6.37. The topological polar surface area (TPSA) is 43.8 Å². The van der Waals surface area contributed by atoms with Crippen molar-refractivity contribution in [1.29, 1.82) is 0 Å². The van der Waals surface area contributed by atoms with E-state index in [1.807, 2.05) is 19.3 Å². The highest BCUT2D eigenvalue weighted by molar-refractivity contribution is 7.16. The average Bonchev–Trinajstić information content (AvgIpc) is 3.21. The zero-order valence-electron chi connectivity index (χ0n) is 14.7. The lowest BCUT2D eigenvalue weighted by Gasteiger charge is -2.36. The Morgan fingerprint density at radius 1 is 1.28 bits per heavy atom. The summed E-state index contributed by atoms with van der Waals surface area (Å²) in [4.78, 5) is 16.3. The fourth-order valence-corrected chi connectivity index (χ4v) is 4.82. The van der Waals surface area contributed by atoms with Crippen LogP contribution >= 0.6 is 34.3 Å². The smallest absolute Gasteiger partial charge is 0.193 e. The Hall–Kier alpha value is -1.15. The predicted octanol–water partition coefficient (Wildman–Crippen LogP) is 3.10. The van der Waals surface area contributed by atoms with Crippen molar-refractivity contribution in [2.45, 2.75) is 19.9 Å². The summed E-state index contributed by atoms with van der Waals surface area (Å²) in [5.41, 5.74) is 0. The number of aryl methyl sites for hydroxylation is 1. The molecule has 1 fully saturated rings. The zero-order valence-corrected chi connectivity index (χ0v) is 17.1. The predicted molar refractivity (Wildman–Crippen MR) is 108 cm³/mol. The molecule has 0 spiro atoms. The minimum atomic E-state index is 0.869. The van der Waals surface area contributed by atoms with Crippen molar-refractivity contribution in [2.24, 2.45) is 4.99 Å². The molecule has 0 bridgehead atoms. The lowest BCUT2D eigenvalue weighted by molar-refractivity contribution is 0.174. The second-order valence-electron chi connectivity index (χ2n) is 6.06. The van der Waals surface area contributed by atoms with Gasteiger partial charge in [-0.1, -0.05) is 11.6 Å². The van der Waals surface area contributed by atoms with Crippen LogP contribution in [0.5, 0.6) is 0 Å². The molecule has 0 amide bonds. The summed E-state index contributed by atoms with van der Waals surface area (Å²) in [5.74, 6) is 0.993. The molecule has 25 heavy (non-hydrogen) atoms. The quantitative estimate of drug-likeness (QED) is 0.622. The van der Waals surface area contributed by atoms with Crippen LogP contribution < -0.4 is 5.32 Å². The second-order valence-corrected chi connectivity index (χ2v) is 9.18. The van der Waals surface area contributed by atoms with E-state index in [-0.39, 0.29) is 0 Å². The summed E-state index contributed by atoms with van der Waals surface area (Å²) in [6.45, 7) is 8.03. The highest BCUT2D eigenvalue weighted by Crippen LogP contribution is 2.23. The Morgan fingerprint density at radius 3 is 2.68 bits per heavy atom. The molecule has 2 aromatic heterocycles. The summed E-state index contributed by atoms with van der Waals surface area (Å²) in [6, 6.07) is 4.10. The van der Waals surface area contributed by atoms with Crippen LogP contribution in [0.15, 0.2) is 23.3 Å². The molecule has 1 N–H and O–H groups in total. The molecule has 1 aliphatic heterocycles. The maximum Gasteiger partial charge on any atom is 0.193 e.